The molecule has 0 bridgehead atoms. The van der Waals surface area contributed by atoms with Gasteiger partial charge in [-0.05, 0) is 42.7 Å². The van der Waals surface area contributed by atoms with E-state index >= 15 is 0 Å². The number of hydrogen-bond acceptors (Lipinski definition) is 4. The molecule has 1 aliphatic heterocycles. The highest BCUT2D eigenvalue weighted by Gasteiger charge is 2.31. The molecule has 3 rings (SSSR count). The minimum Gasteiger partial charge on any atom is -0.355 e. The van der Waals surface area contributed by atoms with Crippen molar-refractivity contribution in [3.05, 3.63) is 58.7 Å². The SMILES string of the molecule is O=C(CN1CCCN(c2ccc(C(F)(F)F)cn2)CC1)NCCc1ccc(Cl)cc1. The van der Waals surface area contributed by atoms with Gasteiger partial charge in [-0.3, -0.25) is 9.69 Å². The zero-order valence-corrected chi connectivity index (χ0v) is 17.2. The van der Waals surface area contributed by atoms with E-state index in [2.05, 4.69) is 15.2 Å². The summed E-state index contributed by atoms with van der Waals surface area (Å²) in [5.74, 6) is 0.488. The van der Waals surface area contributed by atoms with E-state index < -0.39 is 11.7 Å². The number of nitrogens with one attached hydrogen (secondary N) is 1. The van der Waals surface area contributed by atoms with Crippen molar-refractivity contribution in [2.75, 3.05) is 44.2 Å². The van der Waals surface area contributed by atoms with Crippen molar-refractivity contribution in [2.45, 2.75) is 19.0 Å². The third kappa shape index (κ3) is 6.60. The number of aromatic nitrogens is 1. The maximum absolute atomic E-state index is 12.7. The number of hydrogen-bond donors (Lipinski definition) is 1. The Hall–Kier alpha value is -2.32. The van der Waals surface area contributed by atoms with Crippen LogP contribution in [0.25, 0.3) is 0 Å². The van der Waals surface area contributed by atoms with Crippen molar-refractivity contribution in [2.24, 2.45) is 0 Å². The standard InChI is InChI=1S/C21H24ClF3N4O/c22-18-5-2-16(3-6-18)8-9-26-20(30)15-28-10-1-11-29(13-12-28)19-7-4-17(14-27-19)21(23,24)25/h2-7,14H,1,8-13,15H2,(H,26,30). The Labute approximate surface area is 178 Å². The Morgan fingerprint density at radius 1 is 1.07 bits per heavy atom. The predicted octanol–water partition coefficient (Wildman–Crippen LogP) is 3.62. The van der Waals surface area contributed by atoms with Gasteiger partial charge in [0.15, 0.2) is 0 Å². The Kier molecular flexibility index (Phi) is 7.55. The molecule has 30 heavy (non-hydrogen) atoms. The number of carbonyl (C=O) groups excluding carboxylic acids is 1. The van der Waals surface area contributed by atoms with Crippen LogP contribution in [0.3, 0.4) is 0 Å². The van der Waals surface area contributed by atoms with Gasteiger partial charge < -0.3 is 10.2 Å². The van der Waals surface area contributed by atoms with Crippen LogP contribution in [0.15, 0.2) is 42.6 Å². The molecule has 0 saturated carbocycles. The smallest absolute Gasteiger partial charge is 0.355 e. The second-order valence-corrected chi connectivity index (χ2v) is 7.68. The summed E-state index contributed by atoms with van der Waals surface area (Å²) in [5, 5.41) is 3.62. The Bertz CT molecular complexity index is 828. The van der Waals surface area contributed by atoms with Crippen molar-refractivity contribution in [1.82, 2.24) is 15.2 Å². The summed E-state index contributed by atoms with van der Waals surface area (Å²) in [6, 6.07) is 9.99. The van der Waals surface area contributed by atoms with Gasteiger partial charge >= 0.3 is 6.18 Å². The van der Waals surface area contributed by atoms with Gasteiger partial charge in [0.25, 0.3) is 0 Å². The molecule has 0 aliphatic carbocycles. The largest absolute Gasteiger partial charge is 0.417 e. The second-order valence-electron chi connectivity index (χ2n) is 7.25. The summed E-state index contributed by atoms with van der Waals surface area (Å²) in [5.41, 5.74) is 0.354. The van der Waals surface area contributed by atoms with E-state index in [0.717, 1.165) is 37.2 Å². The minimum atomic E-state index is -4.39. The van der Waals surface area contributed by atoms with Gasteiger partial charge in [-0.1, -0.05) is 23.7 Å². The molecular weight excluding hydrogens is 417 g/mol. The molecule has 1 amide bonds. The third-order valence-electron chi connectivity index (χ3n) is 5.00. The molecule has 1 saturated heterocycles. The van der Waals surface area contributed by atoms with Gasteiger partial charge in [0, 0.05) is 43.9 Å². The molecule has 1 aliphatic rings. The van der Waals surface area contributed by atoms with E-state index in [4.69, 9.17) is 11.6 Å². The number of alkyl halides is 3. The highest BCUT2D eigenvalue weighted by molar-refractivity contribution is 6.30. The van der Waals surface area contributed by atoms with Gasteiger partial charge in [-0.25, -0.2) is 4.98 Å². The molecule has 2 aromatic rings. The molecule has 162 valence electrons. The summed E-state index contributed by atoms with van der Waals surface area (Å²) in [6.45, 7) is 3.54. The maximum atomic E-state index is 12.7. The Morgan fingerprint density at radius 3 is 2.50 bits per heavy atom. The first-order valence-electron chi connectivity index (χ1n) is 9.83. The van der Waals surface area contributed by atoms with E-state index in [-0.39, 0.29) is 5.91 Å². The molecule has 0 unspecified atom stereocenters. The number of halogens is 4. The summed E-state index contributed by atoms with van der Waals surface area (Å²) in [4.78, 5) is 20.2. The van der Waals surface area contributed by atoms with Crippen LogP contribution in [0, 0.1) is 0 Å². The topological polar surface area (TPSA) is 48.5 Å². The number of nitrogens with zero attached hydrogens (tertiary/aromatic N) is 3. The first-order valence-corrected chi connectivity index (χ1v) is 10.2. The van der Waals surface area contributed by atoms with E-state index in [0.29, 0.717) is 43.6 Å². The number of amides is 1. The molecule has 0 spiro atoms. The number of benzene rings is 1. The molecule has 1 aromatic carbocycles. The van der Waals surface area contributed by atoms with Gasteiger partial charge in [0.2, 0.25) is 5.91 Å². The first kappa shape index (κ1) is 22.4. The molecule has 1 aromatic heterocycles. The maximum Gasteiger partial charge on any atom is 0.417 e. The van der Waals surface area contributed by atoms with Crippen LogP contribution in [0.1, 0.15) is 17.5 Å². The fourth-order valence-corrected chi connectivity index (χ4v) is 3.48. The van der Waals surface area contributed by atoms with Gasteiger partial charge in [0.1, 0.15) is 5.82 Å². The number of carbonyl (C=O) groups is 1. The Balaban J connectivity index is 1.43. The highest BCUT2D eigenvalue weighted by atomic mass is 35.5. The highest BCUT2D eigenvalue weighted by Crippen LogP contribution is 2.29. The van der Waals surface area contributed by atoms with Crippen molar-refractivity contribution in [1.29, 1.82) is 0 Å². The Morgan fingerprint density at radius 2 is 1.83 bits per heavy atom. The summed E-state index contributed by atoms with van der Waals surface area (Å²) >= 11 is 5.86. The molecule has 2 heterocycles. The van der Waals surface area contributed by atoms with E-state index in [1.807, 2.05) is 29.2 Å². The molecule has 9 heteroatoms. The number of rotatable bonds is 6. The number of anilines is 1. The van der Waals surface area contributed by atoms with Crippen LogP contribution in [0.2, 0.25) is 5.02 Å². The molecule has 1 fully saturated rings. The lowest BCUT2D eigenvalue weighted by Gasteiger charge is -2.22. The molecule has 1 N–H and O–H groups in total. The second kappa shape index (κ2) is 10.1. The number of pyridine rings is 1. The fraction of sp³-hybridized carbons (Fsp3) is 0.429. The zero-order chi connectivity index (χ0) is 21.6. The minimum absolute atomic E-state index is 0.0370. The van der Waals surface area contributed by atoms with Gasteiger partial charge in [0.05, 0.1) is 12.1 Å². The third-order valence-corrected chi connectivity index (χ3v) is 5.26. The van der Waals surface area contributed by atoms with Crippen LogP contribution in [0.5, 0.6) is 0 Å². The van der Waals surface area contributed by atoms with Crippen LogP contribution in [-0.4, -0.2) is 55.1 Å². The first-order chi connectivity index (χ1) is 14.3. The normalized spacial score (nSPS) is 15.7. The van der Waals surface area contributed by atoms with Crippen molar-refractivity contribution in [3.8, 4) is 0 Å². The summed E-state index contributed by atoms with van der Waals surface area (Å²) in [6.07, 6.45) is -1.98. The van der Waals surface area contributed by atoms with Crippen LogP contribution in [0.4, 0.5) is 19.0 Å². The van der Waals surface area contributed by atoms with E-state index in [1.54, 1.807) is 0 Å². The van der Waals surface area contributed by atoms with Crippen molar-refractivity contribution in [3.63, 3.8) is 0 Å². The quantitative estimate of drug-likeness (QED) is 0.745. The summed E-state index contributed by atoms with van der Waals surface area (Å²) < 4.78 is 38.1. The fourth-order valence-electron chi connectivity index (χ4n) is 3.36. The monoisotopic (exact) mass is 440 g/mol. The van der Waals surface area contributed by atoms with Crippen LogP contribution >= 0.6 is 11.6 Å². The van der Waals surface area contributed by atoms with Gasteiger partial charge in [-0.2, -0.15) is 13.2 Å². The molecule has 0 atom stereocenters. The van der Waals surface area contributed by atoms with E-state index in [9.17, 15) is 18.0 Å². The lowest BCUT2D eigenvalue weighted by Crippen LogP contribution is -2.39. The zero-order valence-electron chi connectivity index (χ0n) is 16.5. The lowest BCUT2D eigenvalue weighted by atomic mass is 10.1. The molecular formula is C21H24ClF3N4O. The lowest BCUT2D eigenvalue weighted by molar-refractivity contribution is -0.137. The predicted molar refractivity (Wildman–Crippen MR) is 111 cm³/mol. The average molecular weight is 441 g/mol. The van der Waals surface area contributed by atoms with Gasteiger partial charge in [-0.15, -0.1) is 0 Å². The van der Waals surface area contributed by atoms with E-state index in [1.165, 1.54) is 6.07 Å². The summed E-state index contributed by atoms with van der Waals surface area (Å²) in [7, 11) is 0. The molecule has 0 radical (unpaired) electrons. The average Bonchev–Trinajstić information content (AvgIpc) is 2.94. The van der Waals surface area contributed by atoms with Crippen molar-refractivity contribution < 1.29 is 18.0 Å². The molecule has 5 nitrogen and oxygen atoms in total. The van der Waals surface area contributed by atoms with Crippen LogP contribution < -0.4 is 10.2 Å². The van der Waals surface area contributed by atoms with Crippen LogP contribution in [-0.2, 0) is 17.4 Å². The van der Waals surface area contributed by atoms with Crippen molar-refractivity contribution >= 4 is 23.3 Å².